The van der Waals surface area contributed by atoms with Crippen molar-refractivity contribution in [3.8, 4) is 0 Å². The number of rotatable bonds is 8. The van der Waals surface area contributed by atoms with Crippen molar-refractivity contribution in [2.75, 3.05) is 5.75 Å². The molecule has 7 nitrogen and oxygen atoms in total. The molecule has 0 spiro atoms. The van der Waals surface area contributed by atoms with E-state index in [1.165, 1.54) is 37.1 Å². The average Bonchev–Trinajstić information content (AvgIpc) is 3.11. The molecular weight excluding hydrogens is 469 g/mol. The number of nitrogens with zero attached hydrogens (tertiary/aromatic N) is 3. The first-order valence-corrected chi connectivity index (χ1v) is 12.6. The summed E-state index contributed by atoms with van der Waals surface area (Å²) < 4.78 is 1.83. The normalized spacial score (nSPS) is 15.6. The summed E-state index contributed by atoms with van der Waals surface area (Å²) in [4.78, 5) is 25.2. The molecule has 1 aromatic carbocycles. The van der Waals surface area contributed by atoms with Gasteiger partial charge in [-0.15, -0.1) is 10.2 Å². The molecule has 1 aromatic heterocycles. The number of benzene rings is 1. The Morgan fingerprint density at radius 2 is 1.91 bits per heavy atom. The van der Waals surface area contributed by atoms with Crippen LogP contribution in [0.25, 0.3) is 0 Å². The molecule has 0 aliphatic heterocycles. The molecule has 1 atom stereocenters. The molecule has 2 N–H and O–H groups in total. The van der Waals surface area contributed by atoms with Gasteiger partial charge in [-0.1, -0.05) is 68.1 Å². The van der Waals surface area contributed by atoms with Crippen LogP contribution >= 0.6 is 35.0 Å². The van der Waals surface area contributed by atoms with Crippen LogP contribution in [0.15, 0.2) is 23.4 Å². The largest absolute Gasteiger partial charge is 0.353 e. The van der Waals surface area contributed by atoms with Gasteiger partial charge in [0.05, 0.1) is 22.4 Å². The summed E-state index contributed by atoms with van der Waals surface area (Å²) in [7, 11) is 1.84. The van der Waals surface area contributed by atoms with E-state index in [9.17, 15) is 9.59 Å². The number of carbonyl (C=O) groups is 2. The Morgan fingerprint density at radius 1 is 1.19 bits per heavy atom. The molecule has 32 heavy (non-hydrogen) atoms. The predicted molar refractivity (Wildman–Crippen MR) is 128 cm³/mol. The maximum Gasteiger partial charge on any atom is 0.253 e. The maximum absolute atomic E-state index is 12.8. The second-order valence-electron chi connectivity index (χ2n) is 8.41. The highest BCUT2D eigenvalue weighted by atomic mass is 35.5. The van der Waals surface area contributed by atoms with Crippen molar-refractivity contribution in [2.24, 2.45) is 13.0 Å². The first kappa shape index (κ1) is 24.9. The van der Waals surface area contributed by atoms with Gasteiger partial charge in [0.1, 0.15) is 0 Å². The third kappa shape index (κ3) is 6.39. The molecule has 1 fully saturated rings. The van der Waals surface area contributed by atoms with Gasteiger partial charge in [-0.3, -0.25) is 9.59 Å². The van der Waals surface area contributed by atoms with Gasteiger partial charge in [0, 0.05) is 18.1 Å². The van der Waals surface area contributed by atoms with Crippen LogP contribution in [0.3, 0.4) is 0 Å². The van der Waals surface area contributed by atoms with Gasteiger partial charge in [-0.2, -0.15) is 0 Å². The van der Waals surface area contributed by atoms with E-state index in [4.69, 9.17) is 23.2 Å². The average molecular weight is 498 g/mol. The molecule has 1 saturated carbocycles. The fourth-order valence-corrected chi connectivity index (χ4v) is 5.01. The van der Waals surface area contributed by atoms with Crippen LogP contribution in [-0.4, -0.2) is 38.4 Å². The number of nitrogens with one attached hydrogen (secondary N) is 2. The van der Waals surface area contributed by atoms with Crippen molar-refractivity contribution in [2.45, 2.75) is 63.2 Å². The third-order valence-electron chi connectivity index (χ3n) is 5.58. The monoisotopic (exact) mass is 497 g/mol. The van der Waals surface area contributed by atoms with E-state index < -0.39 is 0 Å². The lowest BCUT2D eigenvalue weighted by atomic mass is 9.95. The topological polar surface area (TPSA) is 88.9 Å². The molecule has 3 rings (SSSR count). The number of hydrogen-bond acceptors (Lipinski definition) is 5. The van der Waals surface area contributed by atoms with E-state index in [1.54, 1.807) is 12.1 Å². The van der Waals surface area contributed by atoms with Gasteiger partial charge in [-0.25, -0.2) is 0 Å². The van der Waals surface area contributed by atoms with Crippen molar-refractivity contribution < 1.29 is 9.59 Å². The van der Waals surface area contributed by atoms with Crippen LogP contribution in [0.5, 0.6) is 0 Å². The summed E-state index contributed by atoms with van der Waals surface area (Å²) in [6, 6.07) is 4.67. The minimum atomic E-state index is -0.378. The second kappa shape index (κ2) is 11.4. The van der Waals surface area contributed by atoms with E-state index >= 15 is 0 Å². The quantitative estimate of drug-likeness (QED) is 0.511. The molecule has 0 unspecified atom stereocenters. The summed E-state index contributed by atoms with van der Waals surface area (Å²) >= 11 is 13.5. The van der Waals surface area contributed by atoms with Crippen LogP contribution in [0.1, 0.15) is 68.2 Å². The van der Waals surface area contributed by atoms with E-state index in [-0.39, 0.29) is 40.6 Å². The Kier molecular flexibility index (Phi) is 8.85. The zero-order valence-corrected chi connectivity index (χ0v) is 20.9. The SMILES string of the molecule is CC(C)[C@@H](NC(=O)c1ccc(Cl)cc1Cl)c1nnc(SCC(=O)NC2CCCCC2)n1C. The number of thioether (sulfide) groups is 1. The number of aromatic nitrogens is 3. The summed E-state index contributed by atoms with van der Waals surface area (Å²) in [5, 5.41) is 16.1. The molecule has 0 radical (unpaired) electrons. The van der Waals surface area contributed by atoms with Crippen molar-refractivity contribution in [3.05, 3.63) is 39.6 Å². The lowest BCUT2D eigenvalue weighted by Gasteiger charge is -2.23. The maximum atomic E-state index is 12.8. The second-order valence-corrected chi connectivity index (χ2v) is 10.2. The Hall–Kier alpha value is -1.77. The van der Waals surface area contributed by atoms with Crippen LogP contribution in [0.4, 0.5) is 0 Å². The lowest BCUT2D eigenvalue weighted by molar-refractivity contribution is -0.119. The van der Waals surface area contributed by atoms with Crippen LogP contribution < -0.4 is 10.6 Å². The Balaban J connectivity index is 1.65. The van der Waals surface area contributed by atoms with Crippen LogP contribution in [0.2, 0.25) is 10.0 Å². The standard InChI is InChI=1S/C22H29Cl2N5O2S/c1-13(2)19(26-21(31)16-10-9-14(23)11-17(16)24)20-27-28-22(29(20)3)32-12-18(30)25-15-7-5-4-6-8-15/h9-11,13,15,19H,4-8,12H2,1-3H3,(H,25,30)(H,26,31)/t19-/m1/s1. The van der Waals surface area contributed by atoms with E-state index in [1.807, 2.05) is 25.5 Å². The van der Waals surface area contributed by atoms with Gasteiger partial charge in [-0.05, 0) is 37.0 Å². The summed E-state index contributed by atoms with van der Waals surface area (Å²) in [6.07, 6.45) is 5.71. The van der Waals surface area contributed by atoms with E-state index in [0.717, 1.165) is 12.8 Å². The summed E-state index contributed by atoms with van der Waals surface area (Å²) in [5.41, 5.74) is 0.345. The van der Waals surface area contributed by atoms with Crippen LogP contribution in [-0.2, 0) is 11.8 Å². The number of amides is 2. The third-order valence-corrected chi connectivity index (χ3v) is 7.15. The fourth-order valence-electron chi connectivity index (χ4n) is 3.79. The summed E-state index contributed by atoms with van der Waals surface area (Å²) in [6.45, 7) is 3.99. The minimum Gasteiger partial charge on any atom is -0.353 e. The Morgan fingerprint density at radius 3 is 2.56 bits per heavy atom. The lowest BCUT2D eigenvalue weighted by Crippen LogP contribution is -2.37. The van der Waals surface area contributed by atoms with Crippen molar-refractivity contribution in [3.63, 3.8) is 0 Å². The van der Waals surface area contributed by atoms with Gasteiger partial charge in [0.15, 0.2) is 11.0 Å². The molecule has 2 aromatic rings. The zero-order valence-electron chi connectivity index (χ0n) is 18.5. The smallest absolute Gasteiger partial charge is 0.253 e. The number of halogens is 2. The van der Waals surface area contributed by atoms with Crippen molar-refractivity contribution in [1.82, 2.24) is 25.4 Å². The molecular formula is C22H29Cl2N5O2S. The highest BCUT2D eigenvalue weighted by molar-refractivity contribution is 7.99. The highest BCUT2D eigenvalue weighted by Gasteiger charge is 2.26. The van der Waals surface area contributed by atoms with Gasteiger partial charge >= 0.3 is 0 Å². The van der Waals surface area contributed by atoms with Crippen molar-refractivity contribution in [1.29, 1.82) is 0 Å². The molecule has 0 bridgehead atoms. The van der Waals surface area contributed by atoms with Crippen molar-refractivity contribution >= 4 is 46.8 Å². The number of hydrogen-bond donors (Lipinski definition) is 2. The predicted octanol–water partition coefficient (Wildman–Crippen LogP) is 4.79. The Labute approximate surface area is 203 Å². The minimum absolute atomic E-state index is 0.0116. The van der Waals surface area contributed by atoms with Gasteiger partial charge < -0.3 is 15.2 Å². The molecule has 174 valence electrons. The van der Waals surface area contributed by atoms with E-state index in [2.05, 4.69) is 20.8 Å². The first-order valence-electron chi connectivity index (χ1n) is 10.8. The number of carbonyl (C=O) groups excluding carboxylic acids is 2. The van der Waals surface area contributed by atoms with Crippen LogP contribution in [0, 0.1) is 5.92 Å². The first-order chi connectivity index (χ1) is 15.3. The molecule has 2 amide bonds. The molecule has 10 heteroatoms. The highest BCUT2D eigenvalue weighted by Crippen LogP contribution is 2.26. The zero-order chi connectivity index (χ0) is 23.3. The molecule has 1 heterocycles. The molecule has 1 aliphatic carbocycles. The van der Waals surface area contributed by atoms with Gasteiger partial charge in [0.2, 0.25) is 5.91 Å². The van der Waals surface area contributed by atoms with Gasteiger partial charge in [0.25, 0.3) is 5.91 Å². The molecule has 1 aliphatic rings. The fraction of sp³-hybridized carbons (Fsp3) is 0.545. The Bertz CT molecular complexity index is 960. The summed E-state index contributed by atoms with van der Waals surface area (Å²) in [5.74, 6) is 0.655. The van der Waals surface area contributed by atoms with E-state index in [0.29, 0.717) is 21.6 Å². The molecule has 0 saturated heterocycles.